The molecule has 0 aromatic carbocycles. The molecular formula is C22H33N3O3. The molecule has 1 heterocycles. The molecule has 3 rings (SSSR count). The number of aromatic nitrogens is 1. The van der Waals surface area contributed by atoms with E-state index in [4.69, 9.17) is 4.74 Å². The summed E-state index contributed by atoms with van der Waals surface area (Å²) < 4.78 is 5.48. The first-order chi connectivity index (χ1) is 13.3. The predicted molar refractivity (Wildman–Crippen MR) is 108 cm³/mol. The van der Waals surface area contributed by atoms with Crippen LogP contribution in [0.4, 0.5) is 4.79 Å². The highest BCUT2D eigenvalue weighted by Crippen LogP contribution is 2.47. The molecule has 2 atom stereocenters. The molecule has 0 unspecified atom stereocenters. The van der Waals surface area contributed by atoms with Gasteiger partial charge in [0, 0.05) is 24.9 Å². The lowest BCUT2D eigenvalue weighted by Crippen LogP contribution is -2.56. The average Bonchev–Trinajstić information content (AvgIpc) is 3.44. The SMILES string of the molecule is CC(C)(C)OC(=O)NC1(CNC(=O)[C@@H]2C[C@@H]2c2cccnc2)CCCCCC1. The Morgan fingerprint density at radius 2 is 1.93 bits per heavy atom. The monoisotopic (exact) mass is 387 g/mol. The fraction of sp³-hybridized carbons (Fsp3) is 0.682. The third kappa shape index (κ3) is 5.69. The molecule has 6 heteroatoms. The first kappa shape index (κ1) is 20.6. The van der Waals surface area contributed by atoms with Crippen molar-refractivity contribution in [1.29, 1.82) is 0 Å². The normalized spacial score (nSPS) is 24.0. The minimum atomic E-state index is -0.537. The summed E-state index contributed by atoms with van der Waals surface area (Å²) in [5.74, 6) is 0.342. The lowest BCUT2D eigenvalue weighted by Gasteiger charge is -2.35. The zero-order valence-electron chi connectivity index (χ0n) is 17.3. The van der Waals surface area contributed by atoms with Crippen LogP contribution in [0.25, 0.3) is 0 Å². The highest BCUT2D eigenvalue weighted by molar-refractivity contribution is 5.83. The number of carbonyl (C=O) groups excluding carboxylic acids is 2. The van der Waals surface area contributed by atoms with E-state index < -0.39 is 17.2 Å². The molecule has 2 amide bonds. The summed E-state index contributed by atoms with van der Waals surface area (Å²) in [6, 6.07) is 3.94. The molecule has 2 saturated carbocycles. The highest BCUT2D eigenvalue weighted by atomic mass is 16.6. The zero-order chi connectivity index (χ0) is 20.2. The highest BCUT2D eigenvalue weighted by Gasteiger charge is 2.45. The molecule has 28 heavy (non-hydrogen) atoms. The van der Waals surface area contributed by atoms with Crippen LogP contribution in [0.5, 0.6) is 0 Å². The summed E-state index contributed by atoms with van der Waals surface area (Å²) in [6.07, 6.45) is 10.2. The van der Waals surface area contributed by atoms with E-state index in [0.717, 1.165) is 50.5 Å². The van der Waals surface area contributed by atoms with Crippen molar-refractivity contribution in [2.75, 3.05) is 6.54 Å². The molecule has 154 valence electrons. The second kappa shape index (κ2) is 8.50. The number of carbonyl (C=O) groups is 2. The number of alkyl carbamates (subject to hydrolysis) is 1. The van der Waals surface area contributed by atoms with E-state index in [1.54, 1.807) is 6.20 Å². The Kier molecular flexibility index (Phi) is 6.26. The second-order valence-corrected chi connectivity index (χ2v) is 9.27. The van der Waals surface area contributed by atoms with Gasteiger partial charge >= 0.3 is 6.09 Å². The Balaban J connectivity index is 1.58. The molecule has 0 spiro atoms. The lowest BCUT2D eigenvalue weighted by atomic mass is 9.90. The van der Waals surface area contributed by atoms with Crippen molar-refractivity contribution >= 4 is 12.0 Å². The van der Waals surface area contributed by atoms with Crippen LogP contribution in [0.1, 0.15) is 77.2 Å². The molecule has 2 fully saturated rings. The van der Waals surface area contributed by atoms with Gasteiger partial charge in [0.15, 0.2) is 0 Å². The van der Waals surface area contributed by atoms with E-state index in [2.05, 4.69) is 15.6 Å². The minimum Gasteiger partial charge on any atom is -0.444 e. The number of pyridine rings is 1. The van der Waals surface area contributed by atoms with Gasteiger partial charge in [0.25, 0.3) is 0 Å². The second-order valence-electron chi connectivity index (χ2n) is 9.27. The Bertz CT molecular complexity index is 676. The van der Waals surface area contributed by atoms with E-state index >= 15 is 0 Å². The summed E-state index contributed by atoms with van der Waals surface area (Å²) in [6.45, 7) is 6.04. The molecule has 2 aliphatic rings. The molecule has 1 aromatic rings. The molecule has 1 aromatic heterocycles. The summed E-state index contributed by atoms with van der Waals surface area (Å²) in [5.41, 5.74) is 0.163. The third-order valence-corrected chi connectivity index (χ3v) is 5.67. The van der Waals surface area contributed by atoms with Crippen molar-refractivity contribution in [3.63, 3.8) is 0 Å². The fourth-order valence-electron chi connectivity index (χ4n) is 4.11. The summed E-state index contributed by atoms with van der Waals surface area (Å²) in [7, 11) is 0. The fourth-order valence-corrected chi connectivity index (χ4v) is 4.11. The zero-order valence-corrected chi connectivity index (χ0v) is 17.3. The van der Waals surface area contributed by atoms with E-state index in [1.165, 1.54) is 0 Å². The van der Waals surface area contributed by atoms with Crippen LogP contribution in [0.15, 0.2) is 24.5 Å². The Morgan fingerprint density at radius 1 is 1.21 bits per heavy atom. The average molecular weight is 388 g/mol. The van der Waals surface area contributed by atoms with Crippen molar-refractivity contribution in [1.82, 2.24) is 15.6 Å². The van der Waals surface area contributed by atoms with E-state index in [0.29, 0.717) is 6.54 Å². The molecule has 0 aliphatic heterocycles. The smallest absolute Gasteiger partial charge is 0.408 e. The van der Waals surface area contributed by atoms with Gasteiger partial charge in [0.05, 0.1) is 5.54 Å². The molecule has 0 bridgehead atoms. The number of amides is 2. The maximum Gasteiger partial charge on any atom is 0.408 e. The summed E-state index contributed by atoms with van der Waals surface area (Å²) >= 11 is 0. The van der Waals surface area contributed by atoms with Crippen LogP contribution >= 0.6 is 0 Å². The van der Waals surface area contributed by atoms with Crippen molar-refractivity contribution in [3.8, 4) is 0 Å². The van der Waals surface area contributed by atoms with Gasteiger partial charge in [0.2, 0.25) is 5.91 Å². The topological polar surface area (TPSA) is 80.3 Å². The number of ether oxygens (including phenoxy) is 1. The standard InChI is InChI=1S/C22H33N3O3/c1-21(2,3)28-20(27)25-22(10-6-4-5-7-11-22)15-24-19(26)18-13-17(18)16-9-8-12-23-14-16/h8-9,12,14,17-18H,4-7,10-11,13,15H2,1-3H3,(H,24,26)(H,25,27)/t17-,18-/m1/s1. The van der Waals surface area contributed by atoms with Crippen LogP contribution in [0.3, 0.4) is 0 Å². The quantitative estimate of drug-likeness (QED) is 0.751. The number of nitrogens with zero attached hydrogens (tertiary/aromatic N) is 1. The van der Waals surface area contributed by atoms with Gasteiger partial charge in [-0.1, -0.05) is 31.7 Å². The van der Waals surface area contributed by atoms with Gasteiger partial charge in [-0.25, -0.2) is 4.79 Å². The maximum atomic E-state index is 12.7. The molecule has 0 saturated heterocycles. The maximum absolute atomic E-state index is 12.7. The Hall–Kier alpha value is -2.11. The number of hydrogen-bond acceptors (Lipinski definition) is 4. The minimum absolute atomic E-state index is 0.00792. The van der Waals surface area contributed by atoms with Crippen molar-refractivity contribution in [2.45, 2.75) is 82.8 Å². The Labute approximate surface area is 167 Å². The van der Waals surface area contributed by atoms with Crippen LogP contribution < -0.4 is 10.6 Å². The van der Waals surface area contributed by atoms with Gasteiger partial charge in [-0.05, 0) is 57.6 Å². The van der Waals surface area contributed by atoms with Gasteiger partial charge < -0.3 is 15.4 Å². The van der Waals surface area contributed by atoms with Gasteiger partial charge in [-0.2, -0.15) is 0 Å². The number of nitrogens with one attached hydrogen (secondary N) is 2. The van der Waals surface area contributed by atoms with Gasteiger partial charge in [-0.15, -0.1) is 0 Å². The lowest BCUT2D eigenvalue weighted by molar-refractivity contribution is -0.122. The molecule has 2 N–H and O–H groups in total. The first-order valence-corrected chi connectivity index (χ1v) is 10.5. The predicted octanol–water partition coefficient (Wildman–Crippen LogP) is 3.92. The van der Waals surface area contributed by atoms with Crippen LogP contribution in [0.2, 0.25) is 0 Å². The van der Waals surface area contributed by atoms with Gasteiger partial charge in [0.1, 0.15) is 5.60 Å². The molecule has 2 aliphatic carbocycles. The van der Waals surface area contributed by atoms with Crippen LogP contribution in [-0.2, 0) is 9.53 Å². The van der Waals surface area contributed by atoms with Crippen molar-refractivity contribution in [3.05, 3.63) is 30.1 Å². The summed E-state index contributed by atoms with van der Waals surface area (Å²) in [4.78, 5) is 29.3. The molecular weight excluding hydrogens is 354 g/mol. The van der Waals surface area contributed by atoms with E-state index in [-0.39, 0.29) is 17.7 Å². The number of hydrogen-bond donors (Lipinski definition) is 2. The first-order valence-electron chi connectivity index (χ1n) is 10.5. The summed E-state index contributed by atoms with van der Waals surface area (Å²) in [5, 5.41) is 6.22. The number of rotatable bonds is 5. The third-order valence-electron chi connectivity index (χ3n) is 5.67. The van der Waals surface area contributed by atoms with E-state index in [9.17, 15) is 9.59 Å². The van der Waals surface area contributed by atoms with Gasteiger partial charge in [-0.3, -0.25) is 9.78 Å². The van der Waals surface area contributed by atoms with Crippen LogP contribution in [-0.4, -0.2) is 34.7 Å². The molecule has 6 nitrogen and oxygen atoms in total. The van der Waals surface area contributed by atoms with Crippen LogP contribution in [0, 0.1) is 5.92 Å². The molecule has 0 radical (unpaired) electrons. The Morgan fingerprint density at radius 3 is 2.54 bits per heavy atom. The van der Waals surface area contributed by atoms with E-state index in [1.807, 2.05) is 39.1 Å². The van der Waals surface area contributed by atoms with Crippen molar-refractivity contribution in [2.24, 2.45) is 5.92 Å². The van der Waals surface area contributed by atoms with Crippen molar-refractivity contribution < 1.29 is 14.3 Å². The largest absolute Gasteiger partial charge is 0.444 e.